The van der Waals surface area contributed by atoms with Gasteiger partial charge in [0, 0.05) is 48.9 Å². The number of carbonyl (C=O) groups is 1. The van der Waals surface area contributed by atoms with Crippen LogP contribution < -0.4 is 4.74 Å². The van der Waals surface area contributed by atoms with E-state index in [1.165, 1.54) is 30.3 Å². The minimum Gasteiger partial charge on any atom is -0.484 e. The summed E-state index contributed by atoms with van der Waals surface area (Å²) in [5.74, 6) is -0.523. The summed E-state index contributed by atoms with van der Waals surface area (Å²) >= 11 is 6.06. The molecular weight excluding hydrogens is 412 g/mol. The van der Waals surface area contributed by atoms with E-state index in [0.717, 1.165) is 0 Å². The Morgan fingerprint density at radius 1 is 1.03 bits per heavy atom. The van der Waals surface area contributed by atoms with Crippen LogP contribution in [0.2, 0.25) is 5.02 Å². The number of alkyl halides is 3. The molecule has 0 aromatic heterocycles. The minimum atomic E-state index is -4.42. The molecule has 156 valence electrons. The van der Waals surface area contributed by atoms with Crippen LogP contribution in [-0.4, -0.2) is 54.7 Å². The van der Waals surface area contributed by atoms with E-state index in [-0.39, 0.29) is 17.5 Å². The Morgan fingerprint density at radius 2 is 1.69 bits per heavy atom. The van der Waals surface area contributed by atoms with E-state index >= 15 is 0 Å². The molecule has 1 aliphatic rings. The molecule has 0 bridgehead atoms. The van der Waals surface area contributed by atoms with Crippen molar-refractivity contribution in [1.82, 2.24) is 9.80 Å². The lowest BCUT2D eigenvalue weighted by Gasteiger charge is -2.35. The molecule has 0 aliphatic carbocycles. The molecule has 29 heavy (non-hydrogen) atoms. The van der Waals surface area contributed by atoms with Crippen LogP contribution in [0.25, 0.3) is 0 Å². The highest BCUT2D eigenvalue weighted by Crippen LogP contribution is 2.22. The average Bonchev–Trinajstić information content (AvgIpc) is 2.69. The second-order valence-corrected chi connectivity index (χ2v) is 7.10. The van der Waals surface area contributed by atoms with Crippen molar-refractivity contribution < 1.29 is 27.1 Å². The first-order chi connectivity index (χ1) is 13.7. The molecule has 9 heteroatoms. The standard InChI is InChI=1S/C20H19ClF4N2O2/c21-17-2-1-3-18(22)16(17)12-26-8-10-27(11-9-26)19(28)14-4-6-15(7-5-14)29-13-20(23,24)25/h1-7H,8-13H2. The van der Waals surface area contributed by atoms with Gasteiger partial charge in [-0.1, -0.05) is 17.7 Å². The molecule has 1 heterocycles. The van der Waals surface area contributed by atoms with E-state index in [4.69, 9.17) is 11.6 Å². The van der Waals surface area contributed by atoms with Crippen LogP contribution in [0.1, 0.15) is 15.9 Å². The zero-order chi connectivity index (χ0) is 21.0. The van der Waals surface area contributed by atoms with Gasteiger partial charge in [-0.3, -0.25) is 9.69 Å². The highest BCUT2D eigenvalue weighted by molar-refractivity contribution is 6.31. The van der Waals surface area contributed by atoms with Gasteiger partial charge in [0.1, 0.15) is 11.6 Å². The van der Waals surface area contributed by atoms with Gasteiger partial charge in [-0.05, 0) is 36.4 Å². The number of hydrogen-bond acceptors (Lipinski definition) is 3. The number of halogens is 5. The number of hydrogen-bond donors (Lipinski definition) is 0. The molecule has 4 nitrogen and oxygen atoms in total. The Balaban J connectivity index is 1.53. The van der Waals surface area contributed by atoms with Gasteiger partial charge in [0.25, 0.3) is 5.91 Å². The lowest BCUT2D eigenvalue weighted by molar-refractivity contribution is -0.153. The first-order valence-corrected chi connectivity index (χ1v) is 9.35. The van der Waals surface area contributed by atoms with Crippen LogP contribution >= 0.6 is 11.6 Å². The molecule has 2 aromatic carbocycles. The first-order valence-electron chi connectivity index (χ1n) is 8.97. The van der Waals surface area contributed by atoms with Crippen LogP contribution in [0.15, 0.2) is 42.5 Å². The van der Waals surface area contributed by atoms with Crippen molar-refractivity contribution in [2.24, 2.45) is 0 Å². The zero-order valence-corrected chi connectivity index (χ0v) is 16.1. The topological polar surface area (TPSA) is 32.8 Å². The van der Waals surface area contributed by atoms with Crippen molar-refractivity contribution in [1.29, 1.82) is 0 Å². The van der Waals surface area contributed by atoms with Gasteiger partial charge in [-0.15, -0.1) is 0 Å². The van der Waals surface area contributed by atoms with Gasteiger partial charge in [-0.25, -0.2) is 4.39 Å². The SMILES string of the molecule is O=C(c1ccc(OCC(F)(F)F)cc1)N1CCN(Cc2c(F)cccc2Cl)CC1. The van der Waals surface area contributed by atoms with E-state index in [0.29, 0.717) is 48.9 Å². The van der Waals surface area contributed by atoms with E-state index in [1.54, 1.807) is 17.0 Å². The molecule has 1 aliphatic heterocycles. The van der Waals surface area contributed by atoms with Crippen molar-refractivity contribution in [3.8, 4) is 5.75 Å². The second-order valence-electron chi connectivity index (χ2n) is 6.70. The summed E-state index contributed by atoms with van der Waals surface area (Å²) in [6, 6.07) is 10.1. The summed E-state index contributed by atoms with van der Waals surface area (Å²) in [6.07, 6.45) is -4.42. The third kappa shape index (κ3) is 5.83. The number of piperazine rings is 1. The Hall–Kier alpha value is -2.32. The third-order valence-electron chi connectivity index (χ3n) is 4.61. The van der Waals surface area contributed by atoms with Crippen LogP contribution in [0.4, 0.5) is 17.6 Å². The van der Waals surface area contributed by atoms with E-state index in [1.807, 2.05) is 4.90 Å². The predicted octanol–water partition coefficient (Wildman–Crippen LogP) is 4.38. The van der Waals surface area contributed by atoms with Gasteiger partial charge in [0.05, 0.1) is 0 Å². The van der Waals surface area contributed by atoms with Crippen molar-refractivity contribution in [2.45, 2.75) is 12.7 Å². The fourth-order valence-corrected chi connectivity index (χ4v) is 3.28. The predicted molar refractivity (Wildman–Crippen MR) is 101 cm³/mol. The molecule has 3 rings (SSSR count). The fraction of sp³-hybridized carbons (Fsp3) is 0.350. The van der Waals surface area contributed by atoms with Gasteiger partial charge in [0.2, 0.25) is 0 Å². The highest BCUT2D eigenvalue weighted by atomic mass is 35.5. The zero-order valence-electron chi connectivity index (χ0n) is 15.4. The molecule has 0 N–H and O–H groups in total. The molecule has 2 aromatic rings. The van der Waals surface area contributed by atoms with Crippen molar-refractivity contribution in [3.05, 3.63) is 64.4 Å². The summed E-state index contributed by atoms with van der Waals surface area (Å²) in [4.78, 5) is 16.3. The Labute approximate surface area is 170 Å². The molecule has 0 spiro atoms. The van der Waals surface area contributed by atoms with Gasteiger partial charge >= 0.3 is 6.18 Å². The summed E-state index contributed by atoms with van der Waals surface area (Å²) in [5, 5.41) is 0.372. The van der Waals surface area contributed by atoms with Crippen LogP contribution in [0.3, 0.4) is 0 Å². The maximum absolute atomic E-state index is 13.9. The monoisotopic (exact) mass is 430 g/mol. The van der Waals surface area contributed by atoms with E-state index < -0.39 is 12.8 Å². The van der Waals surface area contributed by atoms with Crippen molar-refractivity contribution in [2.75, 3.05) is 32.8 Å². The highest BCUT2D eigenvalue weighted by Gasteiger charge is 2.28. The molecule has 1 saturated heterocycles. The Bertz CT molecular complexity index is 830. The summed E-state index contributed by atoms with van der Waals surface area (Å²) in [7, 11) is 0. The average molecular weight is 431 g/mol. The number of carbonyl (C=O) groups excluding carboxylic acids is 1. The Kier molecular flexibility index (Phi) is 6.64. The Morgan fingerprint density at radius 3 is 2.28 bits per heavy atom. The number of nitrogens with zero attached hydrogens (tertiary/aromatic N) is 2. The fourth-order valence-electron chi connectivity index (χ4n) is 3.06. The normalized spacial score (nSPS) is 15.4. The smallest absolute Gasteiger partial charge is 0.422 e. The third-order valence-corrected chi connectivity index (χ3v) is 4.96. The minimum absolute atomic E-state index is 0.0467. The second kappa shape index (κ2) is 9.00. The lowest BCUT2D eigenvalue weighted by Crippen LogP contribution is -2.48. The lowest BCUT2D eigenvalue weighted by atomic mass is 10.1. The van der Waals surface area contributed by atoms with Gasteiger partial charge in [-0.2, -0.15) is 13.2 Å². The number of amides is 1. The number of ether oxygens (including phenoxy) is 1. The van der Waals surface area contributed by atoms with Crippen molar-refractivity contribution >= 4 is 17.5 Å². The molecule has 1 fully saturated rings. The largest absolute Gasteiger partial charge is 0.484 e. The van der Waals surface area contributed by atoms with E-state index in [9.17, 15) is 22.4 Å². The van der Waals surface area contributed by atoms with Gasteiger partial charge in [0.15, 0.2) is 6.61 Å². The van der Waals surface area contributed by atoms with Crippen LogP contribution in [0.5, 0.6) is 5.75 Å². The molecule has 1 amide bonds. The first kappa shape index (κ1) is 21.4. The molecule has 0 atom stereocenters. The maximum atomic E-state index is 13.9. The molecule has 0 unspecified atom stereocenters. The van der Waals surface area contributed by atoms with Crippen molar-refractivity contribution in [3.63, 3.8) is 0 Å². The maximum Gasteiger partial charge on any atom is 0.422 e. The van der Waals surface area contributed by atoms with Crippen LogP contribution in [0, 0.1) is 5.82 Å². The molecular formula is C20H19ClF4N2O2. The molecule has 0 radical (unpaired) electrons. The summed E-state index contributed by atoms with van der Waals surface area (Å²) in [5.41, 5.74) is 0.804. The number of rotatable bonds is 5. The molecule has 0 saturated carbocycles. The van der Waals surface area contributed by atoms with Gasteiger partial charge < -0.3 is 9.64 Å². The summed E-state index contributed by atoms with van der Waals surface area (Å²) in [6.45, 7) is 1.01. The summed E-state index contributed by atoms with van der Waals surface area (Å²) < 4.78 is 55.1. The van der Waals surface area contributed by atoms with E-state index in [2.05, 4.69) is 4.74 Å². The number of benzene rings is 2. The van der Waals surface area contributed by atoms with Crippen LogP contribution in [-0.2, 0) is 6.54 Å². The quantitative estimate of drug-likeness (QED) is 0.660.